The number of amidine groups is 1. The zero-order valence-corrected chi connectivity index (χ0v) is 20.2. The fourth-order valence-electron chi connectivity index (χ4n) is 3.85. The van der Waals surface area contributed by atoms with E-state index in [2.05, 4.69) is 32.5 Å². The first-order valence-electron chi connectivity index (χ1n) is 11.4. The second kappa shape index (κ2) is 11.1. The maximum Gasteiger partial charge on any atom is 0.258 e. The van der Waals surface area contributed by atoms with Gasteiger partial charge in [0.25, 0.3) is 11.8 Å². The van der Waals surface area contributed by atoms with E-state index in [0.29, 0.717) is 33.5 Å². The number of amides is 2. The van der Waals surface area contributed by atoms with Crippen molar-refractivity contribution in [1.82, 2.24) is 14.8 Å². The SMILES string of the molecule is CN1CCCN(C(=N)c2ccc(C(=O)Nc3ccccc3C(=O)Nc3ccc(Cl)cn3)cc2)CC1. The second-order valence-electron chi connectivity index (χ2n) is 8.39. The van der Waals surface area contributed by atoms with Gasteiger partial charge in [0.1, 0.15) is 11.7 Å². The molecule has 0 atom stereocenters. The van der Waals surface area contributed by atoms with Crippen LogP contribution >= 0.6 is 11.6 Å². The Hall–Kier alpha value is -3.75. The molecule has 2 aromatic carbocycles. The van der Waals surface area contributed by atoms with E-state index in [1.807, 2.05) is 0 Å². The highest BCUT2D eigenvalue weighted by Crippen LogP contribution is 2.19. The van der Waals surface area contributed by atoms with Gasteiger partial charge < -0.3 is 20.4 Å². The van der Waals surface area contributed by atoms with Gasteiger partial charge in [-0.15, -0.1) is 0 Å². The molecule has 0 aliphatic carbocycles. The van der Waals surface area contributed by atoms with Crippen LogP contribution in [0.3, 0.4) is 0 Å². The molecule has 0 radical (unpaired) electrons. The first-order chi connectivity index (χ1) is 16.9. The Morgan fingerprint density at radius 2 is 1.63 bits per heavy atom. The van der Waals surface area contributed by atoms with Gasteiger partial charge in [0, 0.05) is 37.0 Å². The highest BCUT2D eigenvalue weighted by atomic mass is 35.5. The molecule has 35 heavy (non-hydrogen) atoms. The summed E-state index contributed by atoms with van der Waals surface area (Å²) in [6.07, 6.45) is 2.46. The van der Waals surface area contributed by atoms with E-state index in [9.17, 15) is 9.59 Å². The summed E-state index contributed by atoms with van der Waals surface area (Å²) in [4.78, 5) is 34.1. The molecule has 3 N–H and O–H groups in total. The highest BCUT2D eigenvalue weighted by Gasteiger charge is 2.18. The fourth-order valence-corrected chi connectivity index (χ4v) is 3.96. The highest BCUT2D eigenvalue weighted by molar-refractivity contribution is 6.30. The zero-order chi connectivity index (χ0) is 24.8. The quantitative estimate of drug-likeness (QED) is 0.367. The van der Waals surface area contributed by atoms with Crippen molar-refractivity contribution in [3.05, 3.63) is 88.6 Å². The Morgan fingerprint density at radius 1 is 0.886 bits per heavy atom. The van der Waals surface area contributed by atoms with Crippen LogP contribution in [0.15, 0.2) is 66.9 Å². The van der Waals surface area contributed by atoms with Crippen molar-refractivity contribution in [2.45, 2.75) is 6.42 Å². The fraction of sp³-hybridized carbons (Fsp3) is 0.231. The first kappa shape index (κ1) is 24.4. The lowest BCUT2D eigenvalue weighted by molar-refractivity contribution is 0.102. The molecule has 0 saturated carbocycles. The molecule has 4 rings (SSSR count). The molecule has 2 heterocycles. The standard InChI is InChI=1S/C26H27ClN6O2/c1-32-13-4-14-33(16-15-32)24(28)18-7-9-19(10-8-18)25(34)30-22-6-3-2-5-21(22)26(35)31-23-12-11-20(27)17-29-23/h2-3,5-12,17,28H,4,13-16H2,1H3,(H,30,34)(H,29,31,35). The number of anilines is 2. The van der Waals surface area contributed by atoms with Gasteiger partial charge in [-0.25, -0.2) is 4.98 Å². The minimum atomic E-state index is -0.400. The van der Waals surface area contributed by atoms with Gasteiger partial charge >= 0.3 is 0 Å². The molecule has 1 aliphatic rings. The van der Waals surface area contributed by atoms with E-state index in [0.717, 1.165) is 38.2 Å². The van der Waals surface area contributed by atoms with Crippen LogP contribution in [0.1, 0.15) is 32.7 Å². The molecule has 1 saturated heterocycles. The first-order valence-corrected chi connectivity index (χ1v) is 11.7. The molecule has 0 bridgehead atoms. The van der Waals surface area contributed by atoms with Crippen molar-refractivity contribution in [2.24, 2.45) is 0 Å². The minimum absolute atomic E-state index is 0.308. The van der Waals surface area contributed by atoms with Gasteiger partial charge in [-0.05, 0) is 56.4 Å². The molecule has 1 aromatic heterocycles. The van der Waals surface area contributed by atoms with E-state index < -0.39 is 5.91 Å². The van der Waals surface area contributed by atoms with Crippen LogP contribution in [0.2, 0.25) is 5.02 Å². The second-order valence-corrected chi connectivity index (χ2v) is 8.82. The van der Waals surface area contributed by atoms with Crippen LogP contribution in [0.4, 0.5) is 11.5 Å². The molecule has 0 unspecified atom stereocenters. The lowest BCUT2D eigenvalue weighted by Gasteiger charge is -2.23. The van der Waals surface area contributed by atoms with Gasteiger partial charge in [0.15, 0.2) is 0 Å². The van der Waals surface area contributed by atoms with Crippen LogP contribution < -0.4 is 10.6 Å². The van der Waals surface area contributed by atoms with Gasteiger partial charge in [0.2, 0.25) is 0 Å². The van der Waals surface area contributed by atoms with Crippen LogP contribution in [0, 0.1) is 5.41 Å². The third kappa shape index (κ3) is 6.23. The Kier molecular flexibility index (Phi) is 7.74. The third-order valence-corrected chi connectivity index (χ3v) is 6.07. The third-order valence-electron chi connectivity index (χ3n) is 5.85. The van der Waals surface area contributed by atoms with Crippen molar-refractivity contribution >= 4 is 40.8 Å². The number of para-hydroxylation sites is 1. The lowest BCUT2D eigenvalue weighted by atomic mass is 10.1. The predicted molar refractivity (Wildman–Crippen MR) is 139 cm³/mol. The largest absolute Gasteiger partial charge is 0.355 e. The smallest absolute Gasteiger partial charge is 0.258 e. The number of hydrogen-bond acceptors (Lipinski definition) is 5. The van der Waals surface area contributed by atoms with E-state index in [-0.39, 0.29) is 5.91 Å². The van der Waals surface area contributed by atoms with Crippen molar-refractivity contribution < 1.29 is 9.59 Å². The van der Waals surface area contributed by atoms with Gasteiger partial charge in [-0.3, -0.25) is 15.0 Å². The number of benzene rings is 2. The monoisotopic (exact) mass is 490 g/mol. The number of nitrogens with zero attached hydrogens (tertiary/aromatic N) is 3. The molecule has 1 aliphatic heterocycles. The van der Waals surface area contributed by atoms with Crippen molar-refractivity contribution in [1.29, 1.82) is 5.41 Å². The molecule has 9 heteroatoms. The van der Waals surface area contributed by atoms with Crippen molar-refractivity contribution in [3.63, 3.8) is 0 Å². The zero-order valence-electron chi connectivity index (χ0n) is 19.4. The average Bonchev–Trinajstić information content (AvgIpc) is 3.09. The summed E-state index contributed by atoms with van der Waals surface area (Å²) in [5.74, 6) is 0.0756. The summed E-state index contributed by atoms with van der Waals surface area (Å²) in [5.41, 5.74) is 1.89. The van der Waals surface area contributed by atoms with Crippen LogP contribution in [-0.4, -0.2) is 65.7 Å². The number of rotatable bonds is 5. The molecule has 0 spiro atoms. The van der Waals surface area contributed by atoms with Crippen molar-refractivity contribution in [2.75, 3.05) is 43.9 Å². The van der Waals surface area contributed by atoms with E-state index >= 15 is 0 Å². The number of carbonyl (C=O) groups excluding carboxylic acids is 2. The van der Waals surface area contributed by atoms with Crippen LogP contribution in [0.25, 0.3) is 0 Å². The average molecular weight is 491 g/mol. The maximum atomic E-state index is 12.9. The Labute approximate surface area is 209 Å². The number of hydrogen-bond donors (Lipinski definition) is 3. The van der Waals surface area contributed by atoms with E-state index in [4.69, 9.17) is 17.0 Å². The predicted octanol–water partition coefficient (Wildman–Crippen LogP) is 4.20. The Bertz CT molecular complexity index is 1210. The number of nitrogens with one attached hydrogen (secondary N) is 3. The lowest BCUT2D eigenvalue weighted by Crippen LogP contribution is -2.34. The summed E-state index contributed by atoms with van der Waals surface area (Å²) in [6, 6.07) is 17.0. The molecule has 180 valence electrons. The van der Waals surface area contributed by atoms with Crippen LogP contribution in [-0.2, 0) is 0 Å². The molecule has 2 amide bonds. The molecule has 3 aromatic rings. The van der Waals surface area contributed by atoms with E-state index in [1.165, 1.54) is 6.20 Å². The Morgan fingerprint density at radius 3 is 2.37 bits per heavy atom. The summed E-state index contributed by atoms with van der Waals surface area (Å²) in [7, 11) is 2.09. The topological polar surface area (TPSA) is 101 Å². The molecule has 1 fully saturated rings. The normalized spacial score (nSPS) is 14.2. The maximum absolute atomic E-state index is 12.9. The number of pyridine rings is 1. The Balaban J connectivity index is 1.43. The number of likely N-dealkylation sites (N-methyl/N-ethyl adjacent to an activating group) is 1. The summed E-state index contributed by atoms with van der Waals surface area (Å²) in [5, 5.41) is 14.6. The van der Waals surface area contributed by atoms with E-state index in [1.54, 1.807) is 60.7 Å². The van der Waals surface area contributed by atoms with Gasteiger partial charge in [-0.2, -0.15) is 0 Å². The molecular formula is C26H27ClN6O2. The minimum Gasteiger partial charge on any atom is -0.355 e. The number of aromatic nitrogens is 1. The molecule has 8 nitrogen and oxygen atoms in total. The van der Waals surface area contributed by atoms with Crippen molar-refractivity contribution in [3.8, 4) is 0 Å². The van der Waals surface area contributed by atoms with Crippen LogP contribution in [0.5, 0.6) is 0 Å². The summed E-state index contributed by atoms with van der Waals surface area (Å²) in [6.45, 7) is 3.60. The summed E-state index contributed by atoms with van der Waals surface area (Å²) < 4.78 is 0. The van der Waals surface area contributed by atoms with Gasteiger partial charge in [-0.1, -0.05) is 35.9 Å². The summed E-state index contributed by atoms with van der Waals surface area (Å²) >= 11 is 5.85. The van der Waals surface area contributed by atoms with Gasteiger partial charge in [0.05, 0.1) is 16.3 Å². The number of halogens is 1. The molecular weight excluding hydrogens is 464 g/mol. The number of carbonyl (C=O) groups is 2.